The Hall–Kier alpha value is -2.17. The average Bonchev–Trinajstić information content (AvgIpc) is 2.58. The lowest BCUT2D eigenvalue weighted by atomic mass is 10.0. The molecule has 0 aliphatic carbocycles. The molecule has 0 radical (unpaired) electrons. The predicted octanol–water partition coefficient (Wildman–Crippen LogP) is 0.823. The molecule has 1 fully saturated rings. The molecule has 5 heteroatoms. The second kappa shape index (κ2) is 4.78. The topological polar surface area (TPSA) is 72.5 Å². The molecule has 88 valence electrons. The fraction of sp³-hybridized carbons (Fsp3) is 0.250. The zero-order chi connectivity index (χ0) is 12.3. The van der Waals surface area contributed by atoms with Gasteiger partial charge in [-0.1, -0.05) is 30.3 Å². The van der Waals surface area contributed by atoms with E-state index in [2.05, 4.69) is 10.1 Å². The summed E-state index contributed by atoms with van der Waals surface area (Å²) in [6.07, 6.45) is -0.563. The van der Waals surface area contributed by atoms with Gasteiger partial charge in [-0.15, -0.1) is 0 Å². The number of ether oxygens (including phenoxy) is 1. The summed E-state index contributed by atoms with van der Waals surface area (Å²) in [6.45, 7) is 0. The van der Waals surface area contributed by atoms with Crippen LogP contribution >= 0.6 is 0 Å². The average molecular weight is 233 g/mol. The molecule has 1 amide bonds. The van der Waals surface area contributed by atoms with Crippen LogP contribution in [0.2, 0.25) is 0 Å². The van der Waals surface area contributed by atoms with Crippen molar-refractivity contribution in [1.82, 2.24) is 5.32 Å². The van der Waals surface area contributed by atoms with Crippen molar-refractivity contribution in [1.29, 1.82) is 0 Å². The molecule has 0 bridgehead atoms. The number of hydrogen-bond acceptors (Lipinski definition) is 4. The van der Waals surface area contributed by atoms with Crippen LogP contribution in [-0.2, 0) is 20.7 Å². The van der Waals surface area contributed by atoms with Gasteiger partial charge in [-0.3, -0.25) is 4.79 Å². The number of hydrogen-bond donors (Lipinski definition) is 1. The standard InChI is InChI=1S/C12H11NO4/c14-9(6-8-4-2-1-3-5-8)7-10-11(15)17-12(16)13-10/h1-5,10H,6-7H2,(H,13,16). The van der Waals surface area contributed by atoms with Crippen molar-refractivity contribution in [3.8, 4) is 0 Å². The third-order valence-electron chi connectivity index (χ3n) is 2.45. The monoisotopic (exact) mass is 233 g/mol. The summed E-state index contributed by atoms with van der Waals surface area (Å²) in [5.41, 5.74) is 0.884. The molecule has 2 rings (SSSR count). The van der Waals surface area contributed by atoms with E-state index >= 15 is 0 Å². The van der Waals surface area contributed by atoms with Gasteiger partial charge in [-0.2, -0.15) is 0 Å². The Labute approximate surface area is 97.8 Å². The Balaban J connectivity index is 1.90. The van der Waals surface area contributed by atoms with Crippen molar-refractivity contribution in [3.05, 3.63) is 35.9 Å². The number of carbonyl (C=O) groups excluding carboxylic acids is 3. The van der Waals surface area contributed by atoms with Crippen molar-refractivity contribution in [2.75, 3.05) is 0 Å². The highest BCUT2D eigenvalue weighted by Crippen LogP contribution is 2.08. The van der Waals surface area contributed by atoms with E-state index in [9.17, 15) is 14.4 Å². The number of esters is 1. The van der Waals surface area contributed by atoms with Gasteiger partial charge in [-0.25, -0.2) is 9.59 Å². The predicted molar refractivity (Wildman–Crippen MR) is 58.2 cm³/mol. The van der Waals surface area contributed by atoms with Crippen molar-refractivity contribution in [2.45, 2.75) is 18.9 Å². The molecule has 1 atom stereocenters. The SMILES string of the molecule is O=C(Cc1ccccc1)CC1NC(=O)OC1=O. The van der Waals surface area contributed by atoms with Crippen LogP contribution in [0, 0.1) is 0 Å². The van der Waals surface area contributed by atoms with Gasteiger partial charge in [-0.05, 0) is 5.56 Å². The van der Waals surface area contributed by atoms with Gasteiger partial charge >= 0.3 is 12.1 Å². The molecule has 1 aromatic rings. The lowest BCUT2D eigenvalue weighted by Crippen LogP contribution is -2.31. The molecule has 1 saturated heterocycles. The van der Waals surface area contributed by atoms with Gasteiger partial charge < -0.3 is 10.1 Å². The molecule has 1 unspecified atom stereocenters. The summed E-state index contributed by atoms with van der Waals surface area (Å²) in [5, 5.41) is 2.29. The number of Topliss-reactive ketones (excluding diaryl/α,β-unsaturated/α-hetero) is 1. The highest BCUT2D eigenvalue weighted by Gasteiger charge is 2.33. The number of alkyl carbamates (subject to hydrolysis) is 1. The van der Waals surface area contributed by atoms with Crippen molar-refractivity contribution in [3.63, 3.8) is 0 Å². The van der Waals surface area contributed by atoms with Crippen molar-refractivity contribution >= 4 is 17.8 Å². The lowest BCUT2D eigenvalue weighted by Gasteiger charge is -2.04. The number of amides is 1. The maximum atomic E-state index is 11.7. The summed E-state index contributed by atoms with van der Waals surface area (Å²) in [6, 6.07) is 8.39. The first-order valence-electron chi connectivity index (χ1n) is 5.23. The van der Waals surface area contributed by atoms with Crippen LogP contribution in [0.5, 0.6) is 0 Å². The first kappa shape index (κ1) is 11.3. The maximum Gasteiger partial charge on any atom is 0.415 e. The van der Waals surface area contributed by atoms with Gasteiger partial charge in [0.05, 0.1) is 0 Å². The van der Waals surface area contributed by atoms with Crippen molar-refractivity contribution < 1.29 is 19.1 Å². The van der Waals surface area contributed by atoms with Crippen molar-refractivity contribution in [2.24, 2.45) is 0 Å². The number of cyclic esters (lactones) is 2. The number of nitrogens with one attached hydrogen (secondary N) is 1. The molecule has 1 N–H and O–H groups in total. The van der Waals surface area contributed by atoms with E-state index in [1.165, 1.54) is 0 Å². The first-order chi connectivity index (χ1) is 8.15. The molecule has 0 aromatic heterocycles. The molecule has 0 saturated carbocycles. The van der Waals surface area contributed by atoms with E-state index in [0.717, 1.165) is 5.56 Å². The zero-order valence-corrected chi connectivity index (χ0v) is 9.01. The van der Waals surface area contributed by atoms with Crippen LogP contribution in [0.4, 0.5) is 4.79 Å². The third kappa shape index (κ3) is 2.90. The number of rotatable bonds is 4. The van der Waals surface area contributed by atoms with Crippen LogP contribution in [-0.4, -0.2) is 23.9 Å². The molecule has 17 heavy (non-hydrogen) atoms. The molecule has 1 heterocycles. The van der Waals surface area contributed by atoms with Crippen LogP contribution in [0.3, 0.4) is 0 Å². The molecule has 0 spiro atoms. The minimum absolute atomic E-state index is 0.0283. The highest BCUT2D eigenvalue weighted by molar-refractivity contribution is 5.98. The molecule has 1 aliphatic heterocycles. The van der Waals surface area contributed by atoms with E-state index in [1.807, 2.05) is 30.3 Å². The molecule has 1 aliphatic rings. The number of ketones is 1. The van der Waals surface area contributed by atoms with E-state index in [1.54, 1.807) is 0 Å². The maximum absolute atomic E-state index is 11.7. The zero-order valence-electron chi connectivity index (χ0n) is 9.01. The van der Waals surface area contributed by atoms with Gasteiger partial charge in [0, 0.05) is 12.8 Å². The minimum atomic E-state index is -0.835. The van der Waals surface area contributed by atoms with Crippen LogP contribution in [0.1, 0.15) is 12.0 Å². The van der Waals surface area contributed by atoms with E-state index in [0.29, 0.717) is 0 Å². The third-order valence-corrected chi connectivity index (χ3v) is 2.45. The second-order valence-electron chi connectivity index (χ2n) is 3.81. The fourth-order valence-corrected chi connectivity index (χ4v) is 1.65. The molecule has 1 aromatic carbocycles. The second-order valence-corrected chi connectivity index (χ2v) is 3.81. The van der Waals surface area contributed by atoms with Crippen LogP contribution in [0.15, 0.2) is 30.3 Å². The van der Waals surface area contributed by atoms with Gasteiger partial charge in [0.15, 0.2) is 0 Å². The number of benzene rings is 1. The summed E-state index contributed by atoms with van der Waals surface area (Å²) >= 11 is 0. The molecule has 5 nitrogen and oxygen atoms in total. The molecular weight excluding hydrogens is 222 g/mol. The Morgan fingerprint density at radius 1 is 1.24 bits per heavy atom. The Morgan fingerprint density at radius 2 is 1.94 bits per heavy atom. The van der Waals surface area contributed by atoms with E-state index < -0.39 is 18.1 Å². The Kier molecular flexibility index (Phi) is 3.18. The van der Waals surface area contributed by atoms with Gasteiger partial charge in [0.1, 0.15) is 11.8 Å². The summed E-state index contributed by atoms with van der Waals surface area (Å²) < 4.78 is 4.28. The van der Waals surface area contributed by atoms with Crippen LogP contribution < -0.4 is 5.32 Å². The smallest absolute Gasteiger partial charge is 0.375 e. The van der Waals surface area contributed by atoms with Gasteiger partial charge in [0.2, 0.25) is 0 Å². The fourth-order valence-electron chi connectivity index (χ4n) is 1.65. The molecular formula is C12H11NO4. The van der Waals surface area contributed by atoms with Crippen LogP contribution in [0.25, 0.3) is 0 Å². The van der Waals surface area contributed by atoms with E-state index in [4.69, 9.17) is 0 Å². The summed E-state index contributed by atoms with van der Waals surface area (Å²) in [4.78, 5) is 33.5. The summed E-state index contributed by atoms with van der Waals surface area (Å²) in [7, 11) is 0. The lowest BCUT2D eigenvalue weighted by molar-refractivity contribution is -0.137. The normalized spacial score (nSPS) is 18.7. The van der Waals surface area contributed by atoms with E-state index in [-0.39, 0.29) is 18.6 Å². The first-order valence-corrected chi connectivity index (χ1v) is 5.23. The van der Waals surface area contributed by atoms with Gasteiger partial charge in [0.25, 0.3) is 0 Å². The number of carbonyl (C=O) groups is 3. The quantitative estimate of drug-likeness (QED) is 0.617. The minimum Gasteiger partial charge on any atom is -0.375 e. The summed E-state index contributed by atoms with van der Waals surface area (Å²) in [5.74, 6) is -0.795. The Morgan fingerprint density at radius 3 is 2.53 bits per heavy atom. The highest BCUT2D eigenvalue weighted by atomic mass is 16.6. The largest absolute Gasteiger partial charge is 0.415 e. The Bertz CT molecular complexity index is 455.